The van der Waals surface area contributed by atoms with E-state index in [4.69, 9.17) is 4.74 Å². The third-order valence-electron chi connectivity index (χ3n) is 5.12. The Kier molecular flexibility index (Phi) is 5.41. The van der Waals surface area contributed by atoms with Crippen LogP contribution in [-0.2, 0) is 9.53 Å². The lowest BCUT2D eigenvalue weighted by Gasteiger charge is -2.42. The van der Waals surface area contributed by atoms with Gasteiger partial charge in [0.2, 0.25) is 0 Å². The van der Waals surface area contributed by atoms with E-state index in [1.165, 1.54) is 0 Å². The normalized spacial score (nSPS) is 32.5. The highest BCUT2D eigenvalue weighted by Crippen LogP contribution is 2.31. The second-order valence-corrected chi connectivity index (χ2v) is 6.38. The molecule has 0 aromatic carbocycles. The summed E-state index contributed by atoms with van der Waals surface area (Å²) in [6.45, 7) is 2.81. The number of nitrogens with one attached hydrogen (secondary N) is 1. The molecule has 0 amide bonds. The van der Waals surface area contributed by atoms with Crippen LogP contribution in [0.4, 0.5) is 0 Å². The number of hydrogen-bond acceptors (Lipinski definition) is 4. The molecular formula is C15H28N2O3. The zero-order valence-electron chi connectivity index (χ0n) is 12.7. The number of carboxylic acids is 1. The molecule has 0 aromatic rings. The van der Waals surface area contributed by atoms with E-state index >= 15 is 0 Å². The average Bonchev–Trinajstić information content (AvgIpc) is 2.48. The van der Waals surface area contributed by atoms with Crippen molar-refractivity contribution in [2.75, 3.05) is 33.9 Å². The second kappa shape index (κ2) is 6.87. The van der Waals surface area contributed by atoms with Crippen molar-refractivity contribution in [1.82, 2.24) is 10.2 Å². The van der Waals surface area contributed by atoms with Crippen LogP contribution in [0.25, 0.3) is 0 Å². The number of ether oxygens (including phenoxy) is 1. The molecule has 5 heteroatoms. The molecule has 1 aliphatic carbocycles. The van der Waals surface area contributed by atoms with Crippen molar-refractivity contribution in [1.29, 1.82) is 0 Å². The quantitative estimate of drug-likeness (QED) is 0.797. The smallest absolute Gasteiger partial charge is 0.323 e. The SMILES string of the molecule is CNC1(C(=O)O)CCCC(N(C)CC2CCOCC2)C1. The molecule has 116 valence electrons. The highest BCUT2D eigenvalue weighted by molar-refractivity contribution is 5.79. The Morgan fingerprint density at radius 1 is 1.40 bits per heavy atom. The number of carbonyl (C=O) groups is 1. The Balaban J connectivity index is 1.92. The first-order valence-corrected chi connectivity index (χ1v) is 7.78. The van der Waals surface area contributed by atoms with Crippen LogP contribution in [0.2, 0.25) is 0 Å². The van der Waals surface area contributed by atoms with Crippen molar-refractivity contribution in [3.8, 4) is 0 Å². The molecule has 0 spiro atoms. The molecule has 2 atom stereocenters. The average molecular weight is 284 g/mol. The maximum atomic E-state index is 11.6. The highest BCUT2D eigenvalue weighted by Gasteiger charge is 2.42. The summed E-state index contributed by atoms with van der Waals surface area (Å²) >= 11 is 0. The van der Waals surface area contributed by atoms with Crippen LogP contribution in [0.3, 0.4) is 0 Å². The summed E-state index contributed by atoms with van der Waals surface area (Å²) in [6.07, 6.45) is 5.80. The molecule has 2 fully saturated rings. The Bertz CT molecular complexity index is 331. The first-order valence-electron chi connectivity index (χ1n) is 7.78. The lowest BCUT2D eigenvalue weighted by atomic mass is 9.78. The van der Waals surface area contributed by atoms with Crippen LogP contribution < -0.4 is 5.32 Å². The summed E-state index contributed by atoms with van der Waals surface area (Å²) in [5.74, 6) is -0.00587. The van der Waals surface area contributed by atoms with E-state index in [0.29, 0.717) is 18.4 Å². The van der Waals surface area contributed by atoms with Gasteiger partial charge in [0.05, 0.1) is 0 Å². The molecule has 1 aliphatic heterocycles. The van der Waals surface area contributed by atoms with Crippen LogP contribution in [-0.4, -0.2) is 61.4 Å². The number of carboxylic acid groups (broad SMARTS) is 1. The number of nitrogens with zero attached hydrogens (tertiary/aromatic N) is 1. The van der Waals surface area contributed by atoms with Crippen molar-refractivity contribution >= 4 is 5.97 Å². The standard InChI is InChI=1S/C15H28N2O3/c1-16-15(14(18)19)7-3-4-13(10-15)17(2)11-12-5-8-20-9-6-12/h12-13,16H,3-11H2,1-2H3,(H,18,19). The first kappa shape index (κ1) is 15.7. The third-order valence-corrected chi connectivity index (χ3v) is 5.12. The largest absolute Gasteiger partial charge is 0.480 e. The lowest BCUT2D eigenvalue weighted by molar-refractivity contribution is -0.147. The molecule has 2 rings (SSSR count). The number of likely N-dealkylation sites (N-methyl/N-ethyl adjacent to an activating group) is 1. The third kappa shape index (κ3) is 3.51. The lowest BCUT2D eigenvalue weighted by Crippen LogP contribution is -2.57. The molecule has 0 aromatic heterocycles. The fourth-order valence-electron chi connectivity index (χ4n) is 3.64. The highest BCUT2D eigenvalue weighted by atomic mass is 16.5. The summed E-state index contributed by atoms with van der Waals surface area (Å²) in [5, 5.41) is 12.6. The number of hydrogen-bond donors (Lipinski definition) is 2. The molecule has 5 nitrogen and oxygen atoms in total. The van der Waals surface area contributed by atoms with Gasteiger partial charge in [-0.15, -0.1) is 0 Å². The van der Waals surface area contributed by atoms with Crippen molar-refractivity contribution in [2.24, 2.45) is 5.92 Å². The second-order valence-electron chi connectivity index (χ2n) is 6.38. The molecule has 0 bridgehead atoms. The van der Waals surface area contributed by atoms with Gasteiger partial charge in [-0.25, -0.2) is 0 Å². The molecule has 2 unspecified atom stereocenters. The molecule has 20 heavy (non-hydrogen) atoms. The van der Waals surface area contributed by atoms with Crippen LogP contribution in [0.5, 0.6) is 0 Å². The summed E-state index contributed by atoms with van der Waals surface area (Å²) < 4.78 is 5.40. The van der Waals surface area contributed by atoms with E-state index in [-0.39, 0.29) is 0 Å². The van der Waals surface area contributed by atoms with E-state index in [1.807, 2.05) is 0 Å². The minimum Gasteiger partial charge on any atom is -0.480 e. The predicted octanol–water partition coefficient (Wildman–Crippen LogP) is 1.33. The Morgan fingerprint density at radius 2 is 2.10 bits per heavy atom. The maximum absolute atomic E-state index is 11.6. The minimum absolute atomic E-state index is 0.371. The Morgan fingerprint density at radius 3 is 2.70 bits per heavy atom. The van der Waals surface area contributed by atoms with Crippen molar-refractivity contribution in [2.45, 2.75) is 50.1 Å². The summed E-state index contributed by atoms with van der Waals surface area (Å²) in [5.41, 5.74) is -0.729. The van der Waals surface area contributed by atoms with E-state index in [2.05, 4.69) is 17.3 Å². The van der Waals surface area contributed by atoms with Crippen LogP contribution >= 0.6 is 0 Å². The summed E-state index contributed by atoms with van der Waals surface area (Å²) in [6, 6.07) is 0.371. The Labute approximate surface area is 121 Å². The summed E-state index contributed by atoms with van der Waals surface area (Å²) in [7, 11) is 3.92. The van der Waals surface area contributed by atoms with E-state index < -0.39 is 11.5 Å². The molecule has 2 aliphatic rings. The van der Waals surface area contributed by atoms with Crippen LogP contribution in [0.1, 0.15) is 38.5 Å². The zero-order chi connectivity index (χ0) is 14.6. The number of rotatable bonds is 5. The fourth-order valence-corrected chi connectivity index (χ4v) is 3.64. The monoisotopic (exact) mass is 284 g/mol. The summed E-state index contributed by atoms with van der Waals surface area (Å²) in [4.78, 5) is 13.9. The van der Waals surface area contributed by atoms with Gasteiger partial charge in [0.1, 0.15) is 5.54 Å². The van der Waals surface area contributed by atoms with Crippen molar-refractivity contribution in [3.63, 3.8) is 0 Å². The van der Waals surface area contributed by atoms with E-state index in [0.717, 1.165) is 51.9 Å². The van der Waals surface area contributed by atoms with E-state index in [9.17, 15) is 9.90 Å². The molecule has 2 N–H and O–H groups in total. The van der Waals surface area contributed by atoms with Crippen molar-refractivity contribution < 1.29 is 14.6 Å². The van der Waals surface area contributed by atoms with Gasteiger partial charge < -0.3 is 20.1 Å². The Hall–Kier alpha value is -0.650. The zero-order valence-corrected chi connectivity index (χ0v) is 12.7. The van der Waals surface area contributed by atoms with Crippen LogP contribution in [0, 0.1) is 5.92 Å². The maximum Gasteiger partial charge on any atom is 0.323 e. The van der Waals surface area contributed by atoms with Gasteiger partial charge in [-0.2, -0.15) is 0 Å². The van der Waals surface area contributed by atoms with Gasteiger partial charge in [-0.3, -0.25) is 4.79 Å². The predicted molar refractivity (Wildman–Crippen MR) is 77.9 cm³/mol. The minimum atomic E-state index is -0.729. The molecule has 1 saturated carbocycles. The molecular weight excluding hydrogens is 256 g/mol. The van der Waals surface area contributed by atoms with Gasteiger partial charge >= 0.3 is 5.97 Å². The molecule has 1 heterocycles. The molecule has 0 radical (unpaired) electrons. The fraction of sp³-hybridized carbons (Fsp3) is 0.933. The first-order chi connectivity index (χ1) is 9.57. The van der Waals surface area contributed by atoms with Gasteiger partial charge in [0, 0.05) is 25.8 Å². The van der Waals surface area contributed by atoms with Gasteiger partial charge in [-0.1, -0.05) is 0 Å². The van der Waals surface area contributed by atoms with Crippen LogP contribution in [0.15, 0.2) is 0 Å². The van der Waals surface area contributed by atoms with E-state index in [1.54, 1.807) is 7.05 Å². The number of aliphatic carboxylic acids is 1. The van der Waals surface area contributed by atoms with Crippen molar-refractivity contribution in [3.05, 3.63) is 0 Å². The van der Waals surface area contributed by atoms with Gasteiger partial charge in [0.15, 0.2) is 0 Å². The van der Waals surface area contributed by atoms with Gasteiger partial charge in [-0.05, 0) is 58.5 Å². The van der Waals surface area contributed by atoms with Gasteiger partial charge in [0.25, 0.3) is 0 Å². The molecule has 1 saturated heterocycles. The topological polar surface area (TPSA) is 61.8 Å².